The van der Waals surface area contributed by atoms with Crippen molar-refractivity contribution in [3.05, 3.63) is 76.0 Å². The SMILES string of the molecule is COc1nc(-c2ccnc(-c3cccc(NC(=O)c4nc5c(n4C)CCN(CCC46CCC(C(=O)O)(CC4)C6)C5)c3C)c2Cl)ccc1CNC[C@H]1CCC(=O)N1. The maximum Gasteiger partial charge on any atom is 0.309 e. The van der Waals surface area contributed by atoms with Gasteiger partial charge in [0.05, 0.1) is 34.6 Å². The number of ether oxygens (including phenoxy) is 1. The summed E-state index contributed by atoms with van der Waals surface area (Å²) in [6.45, 7) is 5.60. The number of imidazole rings is 1. The van der Waals surface area contributed by atoms with E-state index in [1.165, 1.54) is 0 Å². The molecular formula is C42H49ClN8O5. The van der Waals surface area contributed by atoms with Crippen molar-refractivity contribution < 1.29 is 24.2 Å². The van der Waals surface area contributed by atoms with E-state index in [0.717, 1.165) is 92.5 Å². The van der Waals surface area contributed by atoms with E-state index in [1.807, 2.05) is 54.9 Å². The summed E-state index contributed by atoms with van der Waals surface area (Å²) in [5.74, 6) is 0.0241. The van der Waals surface area contributed by atoms with Crippen LogP contribution in [0.2, 0.25) is 5.02 Å². The number of carbonyl (C=O) groups is 3. The van der Waals surface area contributed by atoms with Gasteiger partial charge in [0.1, 0.15) is 0 Å². The van der Waals surface area contributed by atoms with E-state index in [-0.39, 0.29) is 23.3 Å². The molecule has 4 aromatic rings. The third-order valence-electron chi connectivity index (χ3n) is 12.9. The number of aliphatic carboxylic acids is 1. The zero-order valence-corrected chi connectivity index (χ0v) is 33.0. The number of halogens is 1. The number of hydrogen-bond donors (Lipinski definition) is 4. The number of methoxy groups -OCH3 is 1. The number of fused-ring (bicyclic) bond motifs is 3. The minimum Gasteiger partial charge on any atom is -0.481 e. The second kappa shape index (κ2) is 15.2. The smallest absolute Gasteiger partial charge is 0.309 e. The van der Waals surface area contributed by atoms with E-state index in [1.54, 1.807) is 13.3 Å². The molecule has 1 saturated heterocycles. The molecule has 0 unspecified atom stereocenters. The first-order valence-corrected chi connectivity index (χ1v) is 20.0. The Morgan fingerprint density at radius 2 is 1.91 bits per heavy atom. The van der Waals surface area contributed by atoms with Gasteiger partial charge in [-0.05, 0) is 87.6 Å². The Morgan fingerprint density at radius 1 is 1.09 bits per heavy atom. The lowest BCUT2D eigenvalue weighted by Gasteiger charge is -2.32. The van der Waals surface area contributed by atoms with Gasteiger partial charge in [-0.1, -0.05) is 29.8 Å². The summed E-state index contributed by atoms with van der Waals surface area (Å²) in [5.41, 5.74) is 6.66. The molecule has 1 aromatic carbocycles. The van der Waals surface area contributed by atoms with Gasteiger partial charge in [-0.25, -0.2) is 9.97 Å². The minimum atomic E-state index is -0.620. The van der Waals surface area contributed by atoms with E-state index >= 15 is 0 Å². The average molecular weight is 781 g/mol. The molecule has 0 radical (unpaired) electrons. The van der Waals surface area contributed by atoms with Crippen molar-refractivity contribution >= 4 is 35.1 Å². The van der Waals surface area contributed by atoms with E-state index in [2.05, 4.69) is 25.8 Å². The fourth-order valence-corrected chi connectivity index (χ4v) is 9.82. The summed E-state index contributed by atoms with van der Waals surface area (Å²) in [7, 11) is 3.49. The first-order valence-electron chi connectivity index (χ1n) is 19.6. The van der Waals surface area contributed by atoms with Crippen LogP contribution in [0.3, 0.4) is 0 Å². The molecule has 4 N–H and O–H groups in total. The fourth-order valence-electron chi connectivity index (χ4n) is 9.51. The number of hydrogen-bond acceptors (Lipinski definition) is 9. The molecule has 2 bridgehead atoms. The third-order valence-corrected chi connectivity index (χ3v) is 13.2. The van der Waals surface area contributed by atoms with Crippen molar-refractivity contribution in [3.8, 4) is 28.4 Å². The van der Waals surface area contributed by atoms with Crippen LogP contribution in [0.5, 0.6) is 5.88 Å². The number of carboxylic acid groups (broad SMARTS) is 1. The van der Waals surface area contributed by atoms with E-state index < -0.39 is 11.4 Å². The summed E-state index contributed by atoms with van der Waals surface area (Å²) in [4.78, 5) is 54.0. The molecule has 14 heteroatoms. The van der Waals surface area contributed by atoms with Gasteiger partial charge < -0.3 is 30.4 Å². The average Bonchev–Trinajstić information content (AvgIpc) is 3.98. The van der Waals surface area contributed by atoms with Crippen LogP contribution < -0.4 is 20.7 Å². The number of nitrogens with zero attached hydrogens (tertiary/aromatic N) is 5. The molecule has 4 aliphatic rings. The predicted molar refractivity (Wildman–Crippen MR) is 212 cm³/mol. The minimum absolute atomic E-state index is 0.0913. The number of carboxylic acids is 1. The maximum absolute atomic E-state index is 13.8. The Kier molecular flexibility index (Phi) is 10.4. The summed E-state index contributed by atoms with van der Waals surface area (Å²) >= 11 is 7.08. The summed E-state index contributed by atoms with van der Waals surface area (Å²) in [5, 5.41) is 19.7. The molecule has 0 spiro atoms. The Labute approximate surface area is 331 Å². The summed E-state index contributed by atoms with van der Waals surface area (Å²) < 4.78 is 7.56. The largest absolute Gasteiger partial charge is 0.481 e. The second-order valence-electron chi connectivity index (χ2n) is 16.2. The van der Waals surface area contributed by atoms with Gasteiger partial charge in [0.15, 0.2) is 5.82 Å². The molecule has 8 rings (SSSR count). The zero-order valence-electron chi connectivity index (χ0n) is 32.2. The molecule has 294 valence electrons. The van der Waals surface area contributed by atoms with Gasteiger partial charge in [0, 0.05) is 86.4 Å². The van der Waals surface area contributed by atoms with Crippen molar-refractivity contribution in [2.75, 3.05) is 32.1 Å². The molecule has 2 saturated carbocycles. The topological polar surface area (TPSA) is 164 Å². The number of rotatable bonds is 13. The third kappa shape index (κ3) is 7.16. The second-order valence-corrected chi connectivity index (χ2v) is 16.6. The summed E-state index contributed by atoms with van der Waals surface area (Å²) in [6, 6.07) is 11.5. The molecule has 2 amide bonds. The van der Waals surface area contributed by atoms with Gasteiger partial charge in [-0.15, -0.1) is 0 Å². The van der Waals surface area contributed by atoms with Crippen LogP contribution in [0.1, 0.15) is 84.5 Å². The monoisotopic (exact) mass is 780 g/mol. The van der Waals surface area contributed by atoms with Crippen LogP contribution >= 0.6 is 11.6 Å². The van der Waals surface area contributed by atoms with Gasteiger partial charge in [0.2, 0.25) is 11.8 Å². The highest BCUT2D eigenvalue weighted by molar-refractivity contribution is 6.35. The van der Waals surface area contributed by atoms with E-state index in [9.17, 15) is 19.5 Å². The Morgan fingerprint density at radius 3 is 2.64 bits per heavy atom. The van der Waals surface area contributed by atoms with Crippen molar-refractivity contribution in [2.45, 2.75) is 83.8 Å². The fraction of sp³-hybridized carbons (Fsp3) is 0.476. The molecule has 2 aliphatic carbocycles. The van der Waals surface area contributed by atoms with Gasteiger partial charge >= 0.3 is 5.97 Å². The highest BCUT2D eigenvalue weighted by Gasteiger charge is 2.57. The predicted octanol–water partition coefficient (Wildman–Crippen LogP) is 5.92. The first kappa shape index (κ1) is 38.0. The Bertz CT molecular complexity index is 2200. The number of pyridine rings is 2. The summed E-state index contributed by atoms with van der Waals surface area (Å²) in [6.07, 6.45) is 9.31. The highest BCUT2D eigenvalue weighted by Crippen LogP contribution is 2.63. The standard InChI is InChI=1S/C42H49ClN8O5/c1-25-28(36-35(43)29(11-18-45-36)31-9-7-26(39(49-31)56-3)21-44-22-27-8-10-34(52)46-27)5-4-6-30(25)48-38(53)37-47-32-23-51(19-12-33(32)50(37)2)20-17-41-13-15-42(24-41,16-14-41)40(54)55/h4-7,9,11,18,27,44H,8,10,12-17,19-24H2,1-3H3,(H,46,52)(H,48,53)(H,54,55)/t27-,41?,42?/m1/s1. The number of benzene rings is 1. The van der Waals surface area contributed by atoms with Crippen molar-refractivity contribution in [1.82, 2.24) is 35.1 Å². The van der Waals surface area contributed by atoms with Gasteiger partial charge in [-0.3, -0.25) is 24.3 Å². The van der Waals surface area contributed by atoms with Crippen LogP contribution in [0, 0.1) is 17.8 Å². The lowest BCUT2D eigenvalue weighted by Crippen LogP contribution is -2.35. The number of amides is 2. The van der Waals surface area contributed by atoms with Crippen molar-refractivity contribution in [3.63, 3.8) is 0 Å². The molecule has 3 fully saturated rings. The Balaban J connectivity index is 0.941. The number of nitrogens with one attached hydrogen (secondary N) is 3. The van der Waals surface area contributed by atoms with E-state index in [4.69, 9.17) is 26.3 Å². The maximum atomic E-state index is 13.8. The van der Waals surface area contributed by atoms with Crippen LogP contribution in [0.25, 0.3) is 22.5 Å². The zero-order chi connectivity index (χ0) is 39.2. The van der Waals surface area contributed by atoms with Crippen molar-refractivity contribution in [1.29, 1.82) is 0 Å². The normalized spacial score (nSPS) is 22.9. The van der Waals surface area contributed by atoms with Crippen LogP contribution in [0.4, 0.5) is 5.69 Å². The molecule has 5 heterocycles. The molecule has 13 nitrogen and oxygen atoms in total. The highest BCUT2D eigenvalue weighted by atomic mass is 35.5. The van der Waals surface area contributed by atoms with E-state index in [0.29, 0.717) is 65.4 Å². The Hall–Kier alpha value is -4.85. The van der Waals surface area contributed by atoms with Crippen LogP contribution in [0.15, 0.2) is 42.6 Å². The number of anilines is 1. The van der Waals surface area contributed by atoms with Crippen molar-refractivity contribution in [2.24, 2.45) is 17.9 Å². The van der Waals surface area contributed by atoms with Crippen LogP contribution in [-0.4, -0.2) is 80.1 Å². The van der Waals surface area contributed by atoms with Crippen LogP contribution in [-0.2, 0) is 36.1 Å². The first-order chi connectivity index (χ1) is 27.0. The lowest BCUT2D eigenvalue weighted by atomic mass is 9.80. The number of carbonyl (C=O) groups excluding carboxylic acids is 2. The van der Waals surface area contributed by atoms with Gasteiger partial charge in [-0.2, -0.15) is 0 Å². The lowest BCUT2D eigenvalue weighted by molar-refractivity contribution is -0.148. The molecule has 1 atom stereocenters. The number of aromatic nitrogens is 4. The molecule has 2 aliphatic heterocycles. The quantitative estimate of drug-likeness (QED) is 0.128. The molecular weight excluding hydrogens is 732 g/mol. The molecule has 3 aromatic heterocycles. The molecule has 56 heavy (non-hydrogen) atoms. The van der Waals surface area contributed by atoms with Gasteiger partial charge in [0.25, 0.3) is 5.91 Å².